The third kappa shape index (κ3) is 3.48. The predicted molar refractivity (Wildman–Crippen MR) is 65.2 cm³/mol. The molecule has 1 N–H and O–H groups in total. The first-order valence-corrected chi connectivity index (χ1v) is 5.53. The first-order valence-electron chi connectivity index (χ1n) is 4.73. The molecule has 0 spiro atoms. The summed E-state index contributed by atoms with van der Waals surface area (Å²) in [5.74, 6) is 0. The van der Waals surface area contributed by atoms with E-state index in [4.69, 9.17) is 9.47 Å². The van der Waals surface area contributed by atoms with Gasteiger partial charge in [0.15, 0.2) is 6.29 Å². The highest BCUT2D eigenvalue weighted by atomic mass is 79.9. The molecular formula is C11H16BrNO2. The lowest BCUT2D eigenvalue weighted by atomic mass is 10.2. The van der Waals surface area contributed by atoms with E-state index in [1.165, 1.54) is 5.56 Å². The lowest BCUT2D eigenvalue weighted by Gasteiger charge is -2.16. The second-order valence-corrected chi connectivity index (χ2v) is 4.01. The highest BCUT2D eigenvalue weighted by Gasteiger charge is 2.06. The minimum atomic E-state index is -0.225. The molecule has 0 unspecified atom stereocenters. The maximum absolute atomic E-state index is 5.09. The number of ether oxygens (including phenoxy) is 2. The molecular weight excluding hydrogens is 258 g/mol. The Morgan fingerprint density at radius 2 is 2.00 bits per heavy atom. The van der Waals surface area contributed by atoms with Crippen molar-refractivity contribution in [3.8, 4) is 0 Å². The monoisotopic (exact) mass is 273 g/mol. The Bertz CT molecular complexity index is 313. The Morgan fingerprint density at radius 3 is 2.60 bits per heavy atom. The van der Waals surface area contributed by atoms with Gasteiger partial charge in [-0.1, -0.05) is 12.1 Å². The van der Waals surface area contributed by atoms with Gasteiger partial charge in [0.2, 0.25) is 0 Å². The summed E-state index contributed by atoms with van der Waals surface area (Å²) in [6, 6.07) is 6.08. The molecule has 15 heavy (non-hydrogen) atoms. The molecule has 0 aliphatic heterocycles. The quantitative estimate of drug-likeness (QED) is 0.837. The molecule has 0 saturated heterocycles. The molecule has 0 atom stereocenters. The number of halogens is 1. The molecule has 3 nitrogen and oxygen atoms in total. The average molecular weight is 274 g/mol. The standard InChI is InChI=1S/C11H16BrNO2/c1-8-5-4-6-9(11(8)12)13-7-10(14-2)15-3/h4-6,10,13H,7H2,1-3H3. The van der Waals surface area contributed by atoms with Crippen molar-refractivity contribution in [1.29, 1.82) is 0 Å². The third-order valence-electron chi connectivity index (χ3n) is 2.18. The summed E-state index contributed by atoms with van der Waals surface area (Å²) in [7, 11) is 3.25. The van der Waals surface area contributed by atoms with E-state index in [0.29, 0.717) is 6.54 Å². The summed E-state index contributed by atoms with van der Waals surface area (Å²) in [5.41, 5.74) is 2.25. The van der Waals surface area contributed by atoms with Crippen LogP contribution >= 0.6 is 15.9 Å². The SMILES string of the molecule is COC(CNc1cccc(C)c1Br)OC. The number of rotatable bonds is 5. The average Bonchev–Trinajstić information content (AvgIpc) is 2.25. The van der Waals surface area contributed by atoms with Crippen LogP contribution in [-0.4, -0.2) is 27.1 Å². The highest BCUT2D eigenvalue weighted by Crippen LogP contribution is 2.25. The van der Waals surface area contributed by atoms with Crippen LogP contribution in [-0.2, 0) is 9.47 Å². The number of anilines is 1. The number of benzene rings is 1. The lowest BCUT2D eigenvalue weighted by Crippen LogP contribution is -2.23. The first kappa shape index (κ1) is 12.5. The Labute approximate surface area is 98.9 Å². The number of hydrogen-bond acceptors (Lipinski definition) is 3. The van der Waals surface area contributed by atoms with Gasteiger partial charge in [0.05, 0.1) is 6.54 Å². The number of nitrogens with one attached hydrogen (secondary N) is 1. The normalized spacial score (nSPS) is 10.7. The minimum Gasteiger partial charge on any atom is -0.379 e. The van der Waals surface area contributed by atoms with E-state index in [1.807, 2.05) is 12.1 Å². The molecule has 4 heteroatoms. The molecule has 1 aromatic rings. The van der Waals surface area contributed by atoms with E-state index in [-0.39, 0.29) is 6.29 Å². The summed E-state index contributed by atoms with van der Waals surface area (Å²) in [6.45, 7) is 2.68. The number of aryl methyl sites for hydroxylation is 1. The fourth-order valence-electron chi connectivity index (χ4n) is 1.24. The zero-order valence-electron chi connectivity index (χ0n) is 9.21. The largest absolute Gasteiger partial charge is 0.379 e. The van der Waals surface area contributed by atoms with Crippen molar-refractivity contribution in [1.82, 2.24) is 0 Å². The van der Waals surface area contributed by atoms with Gasteiger partial charge in [-0.2, -0.15) is 0 Å². The summed E-state index contributed by atoms with van der Waals surface area (Å²) in [6.07, 6.45) is -0.225. The Kier molecular flexibility index (Phi) is 5.08. The van der Waals surface area contributed by atoms with Crippen molar-refractivity contribution in [3.05, 3.63) is 28.2 Å². The van der Waals surface area contributed by atoms with Crippen molar-refractivity contribution < 1.29 is 9.47 Å². The second-order valence-electron chi connectivity index (χ2n) is 3.22. The smallest absolute Gasteiger partial charge is 0.173 e. The van der Waals surface area contributed by atoms with Crippen LogP contribution in [0.15, 0.2) is 22.7 Å². The highest BCUT2D eigenvalue weighted by molar-refractivity contribution is 9.10. The molecule has 0 aliphatic rings. The molecule has 0 aliphatic carbocycles. The fraction of sp³-hybridized carbons (Fsp3) is 0.455. The van der Waals surface area contributed by atoms with Crippen molar-refractivity contribution in [3.63, 3.8) is 0 Å². The van der Waals surface area contributed by atoms with Crippen LogP contribution in [0.1, 0.15) is 5.56 Å². The summed E-state index contributed by atoms with van der Waals surface area (Å²) >= 11 is 3.53. The van der Waals surface area contributed by atoms with Crippen molar-refractivity contribution in [2.45, 2.75) is 13.2 Å². The van der Waals surface area contributed by atoms with Gasteiger partial charge in [-0.3, -0.25) is 0 Å². The lowest BCUT2D eigenvalue weighted by molar-refractivity contribution is -0.0914. The van der Waals surface area contributed by atoms with Gasteiger partial charge in [-0.15, -0.1) is 0 Å². The van der Waals surface area contributed by atoms with Crippen molar-refractivity contribution in [2.24, 2.45) is 0 Å². The number of methoxy groups -OCH3 is 2. The third-order valence-corrected chi connectivity index (χ3v) is 3.23. The Balaban J connectivity index is 2.61. The van der Waals surface area contributed by atoms with E-state index in [0.717, 1.165) is 10.2 Å². The van der Waals surface area contributed by atoms with Crippen LogP contribution in [0.2, 0.25) is 0 Å². The van der Waals surface area contributed by atoms with E-state index >= 15 is 0 Å². The topological polar surface area (TPSA) is 30.5 Å². The zero-order chi connectivity index (χ0) is 11.3. The second kappa shape index (κ2) is 6.10. The van der Waals surface area contributed by atoms with Crippen LogP contribution in [0.4, 0.5) is 5.69 Å². The first-order chi connectivity index (χ1) is 7.19. The Morgan fingerprint density at radius 1 is 1.33 bits per heavy atom. The van der Waals surface area contributed by atoms with Crippen LogP contribution in [0, 0.1) is 6.92 Å². The molecule has 0 fully saturated rings. The Hall–Kier alpha value is -0.580. The summed E-state index contributed by atoms with van der Waals surface area (Å²) in [4.78, 5) is 0. The van der Waals surface area contributed by atoms with Crippen LogP contribution in [0.3, 0.4) is 0 Å². The van der Waals surface area contributed by atoms with E-state index in [9.17, 15) is 0 Å². The molecule has 0 aromatic heterocycles. The van der Waals surface area contributed by atoms with Crippen LogP contribution < -0.4 is 5.32 Å². The summed E-state index contributed by atoms with van der Waals surface area (Å²) < 4.78 is 11.3. The van der Waals surface area contributed by atoms with Gasteiger partial charge in [-0.25, -0.2) is 0 Å². The van der Waals surface area contributed by atoms with E-state index < -0.39 is 0 Å². The van der Waals surface area contributed by atoms with E-state index in [2.05, 4.69) is 34.2 Å². The molecule has 0 bridgehead atoms. The fourth-order valence-corrected chi connectivity index (χ4v) is 1.64. The van der Waals surface area contributed by atoms with Crippen molar-refractivity contribution in [2.75, 3.05) is 26.1 Å². The van der Waals surface area contributed by atoms with Gasteiger partial charge in [0.1, 0.15) is 0 Å². The molecule has 0 amide bonds. The van der Waals surface area contributed by atoms with Gasteiger partial charge in [0, 0.05) is 24.4 Å². The predicted octanol–water partition coefficient (Wildman–Crippen LogP) is 2.79. The van der Waals surface area contributed by atoms with Crippen LogP contribution in [0.25, 0.3) is 0 Å². The number of hydrogen-bond donors (Lipinski definition) is 1. The van der Waals surface area contributed by atoms with Gasteiger partial charge in [0.25, 0.3) is 0 Å². The van der Waals surface area contributed by atoms with Gasteiger partial charge >= 0.3 is 0 Å². The van der Waals surface area contributed by atoms with Gasteiger partial charge < -0.3 is 14.8 Å². The minimum absolute atomic E-state index is 0.225. The maximum Gasteiger partial charge on any atom is 0.173 e. The maximum atomic E-state index is 5.09. The van der Waals surface area contributed by atoms with Crippen molar-refractivity contribution >= 4 is 21.6 Å². The molecule has 0 saturated carbocycles. The zero-order valence-corrected chi connectivity index (χ0v) is 10.8. The molecule has 84 valence electrons. The molecule has 0 heterocycles. The van der Waals surface area contributed by atoms with Gasteiger partial charge in [-0.05, 0) is 34.5 Å². The van der Waals surface area contributed by atoms with Crippen LogP contribution in [0.5, 0.6) is 0 Å². The molecule has 0 radical (unpaired) electrons. The molecule has 1 rings (SSSR count). The van der Waals surface area contributed by atoms with E-state index in [1.54, 1.807) is 14.2 Å². The molecule has 1 aromatic carbocycles. The summed E-state index contributed by atoms with van der Waals surface area (Å²) in [5, 5.41) is 3.26.